The molecule has 0 aliphatic carbocycles. The second-order valence-corrected chi connectivity index (χ2v) is 6.89. The summed E-state index contributed by atoms with van der Waals surface area (Å²) in [5, 5.41) is 4.37. The van der Waals surface area contributed by atoms with Gasteiger partial charge in [-0.05, 0) is 20.8 Å². The molecule has 0 unspecified atom stereocenters. The fourth-order valence-corrected chi connectivity index (χ4v) is 2.73. The summed E-state index contributed by atoms with van der Waals surface area (Å²) in [6.45, 7) is 11.9. The molecule has 6 heteroatoms. The van der Waals surface area contributed by atoms with Gasteiger partial charge in [-0.25, -0.2) is 9.97 Å². The molecule has 112 valence electrons. The molecule has 0 atom stereocenters. The van der Waals surface area contributed by atoms with Crippen molar-refractivity contribution in [2.45, 2.75) is 40.2 Å². The SMILES string of the molecule is Cc1cc(N)n(-c2cc(N3CC(C)(C)C3(C)C)ncn2)n1. The Bertz CT molecular complexity index is 685. The van der Waals surface area contributed by atoms with E-state index in [2.05, 4.69) is 47.7 Å². The van der Waals surface area contributed by atoms with Gasteiger partial charge in [0.2, 0.25) is 0 Å². The van der Waals surface area contributed by atoms with Crippen LogP contribution in [0.3, 0.4) is 0 Å². The third kappa shape index (κ3) is 1.97. The molecule has 6 nitrogen and oxygen atoms in total. The maximum Gasteiger partial charge on any atom is 0.161 e. The quantitative estimate of drug-likeness (QED) is 0.916. The summed E-state index contributed by atoms with van der Waals surface area (Å²) < 4.78 is 1.65. The van der Waals surface area contributed by atoms with Gasteiger partial charge in [0.1, 0.15) is 18.0 Å². The van der Waals surface area contributed by atoms with Crippen LogP contribution in [0.5, 0.6) is 0 Å². The van der Waals surface area contributed by atoms with Crippen molar-refractivity contribution in [2.24, 2.45) is 5.41 Å². The van der Waals surface area contributed by atoms with Crippen LogP contribution in [-0.4, -0.2) is 31.8 Å². The molecule has 0 radical (unpaired) electrons. The highest BCUT2D eigenvalue weighted by Gasteiger charge is 2.53. The monoisotopic (exact) mass is 286 g/mol. The standard InChI is InChI=1S/C15H22N6/c1-10-6-11(16)21(19-10)13-7-12(17-9-18-13)20-8-14(2,3)15(20,4)5/h6-7,9H,8,16H2,1-5H3. The second kappa shape index (κ2) is 4.19. The molecule has 2 N–H and O–H groups in total. The largest absolute Gasteiger partial charge is 0.384 e. The van der Waals surface area contributed by atoms with Crippen LogP contribution in [0.2, 0.25) is 0 Å². The number of hydrogen-bond acceptors (Lipinski definition) is 5. The zero-order valence-electron chi connectivity index (χ0n) is 13.3. The third-order valence-corrected chi connectivity index (χ3v) is 4.88. The Hall–Kier alpha value is -2.11. The van der Waals surface area contributed by atoms with E-state index >= 15 is 0 Å². The van der Waals surface area contributed by atoms with Crippen LogP contribution in [0.15, 0.2) is 18.5 Å². The average molecular weight is 286 g/mol. The zero-order chi connectivity index (χ0) is 15.4. The Morgan fingerprint density at radius 3 is 2.29 bits per heavy atom. The maximum atomic E-state index is 5.97. The molecule has 2 aromatic rings. The first kappa shape index (κ1) is 13.9. The number of hydrogen-bond donors (Lipinski definition) is 1. The van der Waals surface area contributed by atoms with E-state index in [1.54, 1.807) is 11.0 Å². The second-order valence-electron chi connectivity index (χ2n) is 6.89. The van der Waals surface area contributed by atoms with Crippen LogP contribution in [0, 0.1) is 12.3 Å². The lowest BCUT2D eigenvalue weighted by atomic mass is 9.65. The average Bonchev–Trinajstić information content (AvgIpc) is 2.75. The normalized spacial score (nSPS) is 19.4. The van der Waals surface area contributed by atoms with Gasteiger partial charge in [0.15, 0.2) is 5.82 Å². The Balaban J connectivity index is 1.97. The number of aromatic nitrogens is 4. The lowest BCUT2D eigenvalue weighted by molar-refractivity contribution is 0.0966. The predicted octanol–water partition coefficient (Wildman–Crippen LogP) is 2.18. The van der Waals surface area contributed by atoms with E-state index in [1.807, 2.05) is 19.1 Å². The molecule has 3 heterocycles. The minimum Gasteiger partial charge on any atom is -0.384 e. The van der Waals surface area contributed by atoms with Gasteiger partial charge in [0, 0.05) is 29.6 Å². The molecule has 0 saturated carbocycles. The number of aryl methyl sites for hydroxylation is 1. The molecule has 3 rings (SSSR count). The Labute approximate surface area is 125 Å². The first-order valence-corrected chi connectivity index (χ1v) is 7.14. The van der Waals surface area contributed by atoms with E-state index in [9.17, 15) is 0 Å². The summed E-state index contributed by atoms with van der Waals surface area (Å²) in [4.78, 5) is 11.0. The van der Waals surface area contributed by atoms with E-state index in [-0.39, 0.29) is 11.0 Å². The summed E-state index contributed by atoms with van der Waals surface area (Å²) in [7, 11) is 0. The van der Waals surface area contributed by atoms with Crippen LogP contribution in [0.25, 0.3) is 5.82 Å². The van der Waals surface area contributed by atoms with Crippen molar-refractivity contribution in [2.75, 3.05) is 17.2 Å². The molecule has 1 aliphatic heterocycles. The van der Waals surface area contributed by atoms with Gasteiger partial charge >= 0.3 is 0 Å². The first-order chi connectivity index (χ1) is 9.72. The molecular formula is C15H22N6. The lowest BCUT2D eigenvalue weighted by Crippen LogP contribution is -2.69. The van der Waals surface area contributed by atoms with Gasteiger partial charge in [-0.3, -0.25) is 0 Å². The van der Waals surface area contributed by atoms with Crippen molar-refractivity contribution >= 4 is 11.6 Å². The minimum atomic E-state index is 0.0597. The number of nitrogens with two attached hydrogens (primary N) is 1. The number of anilines is 2. The molecule has 2 aromatic heterocycles. The molecule has 1 fully saturated rings. The first-order valence-electron chi connectivity index (χ1n) is 7.14. The van der Waals surface area contributed by atoms with E-state index in [0.717, 1.165) is 18.1 Å². The molecule has 21 heavy (non-hydrogen) atoms. The number of nitrogens with zero attached hydrogens (tertiary/aromatic N) is 5. The van der Waals surface area contributed by atoms with Crippen molar-refractivity contribution in [3.05, 3.63) is 24.2 Å². The molecule has 0 spiro atoms. The summed E-state index contributed by atoms with van der Waals surface area (Å²) in [5.41, 5.74) is 7.17. The fourth-order valence-electron chi connectivity index (χ4n) is 2.73. The maximum absolute atomic E-state index is 5.97. The molecule has 0 bridgehead atoms. The highest BCUT2D eigenvalue weighted by atomic mass is 15.4. The van der Waals surface area contributed by atoms with Gasteiger partial charge in [0.05, 0.1) is 5.69 Å². The Morgan fingerprint density at radius 2 is 1.76 bits per heavy atom. The van der Waals surface area contributed by atoms with E-state index < -0.39 is 0 Å². The molecule has 1 aliphatic rings. The van der Waals surface area contributed by atoms with Crippen molar-refractivity contribution < 1.29 is 0 Å². The number of rotatable bonds is 2. The van der Waals surface area contributed by atoms with Crippen LogP contribution in [0.1, 0.15) is 33.4 Å². The zero-order valence-corrected chi connectivity index (χ0v) is 13.3. The Morgan fingerprint density at radius 1 is 1.10 bits per heavy atom. The summed E-state index contributed by atoms with van der Waals surface area (Å²) in [5.74, 6) is 2.20. The van der Waals surface area contributed by atoms with Gasteiger partial charge in [0.25, 0.3) is 0 Å². The van der Waals surface area contributed by atoms with E-state index in [0.29, 0.717) is 11.6 Å². The molecule has 0 aromatic carbocycles. The van der Waals surface area contributed by atoms with Gasteiger partial charge in [-0.2, -0.15) is 9.78 Å². The van der Waals surface area contributed by atoms with Crippen LogP contribution < -0.4 is 10.6 Å². The Kier molecular flexibility index (Phi) is 2.77. The number of nitrogen functional groups attached to an aromatic ring is 1. The van der Waals surface area contributed by atoms with E-state index in [4.69, 9.17) is 5.73 Å². The molecule has 0 amide bonds. The van der Waals surface area contributed by atoms with Crippen LogP contribution in [-0.2, 0) is 0 Å². The summed E-state index contributed by atoms with van der Waals surface area (Å²) >= 11 is 0. The minimum absolute atomic E-state index is 0.0597. The van der Waals surface area contributed by atoms with Gasteiger partial charge in [-0.15, -0.1) is 0 Å². The highest BCUT2D eigenvalue weighted by Crippen LogP contribution is 2.48. The molecular weight excluding hydrogens is 264 g/mol. The molecule has 1 saturated heterocycles. The van der Waals surface area contributed by atoms with Crippen molar-refractivity contribution in [1.82, 2.24) is 19.7 Å². The van der Waals surface area contributed by atoms with Crippen molar-refractivity contribution in [3.63, 3.8) is 0 Å². The smallest absolute Gasteiger partial charge is 0.161 e. The lowest BCUT2D eigenvalue weighted by Gasteiger charge is -2.61. The topological polar surface area (TPSA) is 72.9 Å². The van der Waals surface area contributed by atoms with Crippen molar-refractivity contribution in [1.29, 1.82) is 0 Å². The fraction of sp³-hybridized carbons (Fsp3) is 0.533. The van der Waals surface area contributed by atoms with Crippen molar-refractivity contribution in [3.8, 4) is 5.82 Å². The van der Waals surface area contributed by atoms with Crippen LogP contribution >= 0.6 is 0 Å². The third-order valence-electron chi connectivity index (χ3n) is 4.88. The van der Waals surface area contributed by atoms with E-state index in [1.165, 1.54) is 0 Å². The highest BCUT2D eigenvalue weighted by molar-refractivity contribution is 5.52. The predicted molar refractivity (Wildman–Crippen MR) is 83.5 cm³/mol. The van der Waals surface area contributed by atoms with Crippen LogP contribution in [0.4, 0.5) is 11.6 Å². The summed E-state index contributed by atoms with van der Waals surface area (Å²) in [6.07, 6.45) is 1.57. The van der Waals surface area contributed by atoms with Gasteiger partial charge < -0.3 is 10.6 Å². The summed E-state index contributed by atoms with van der Waals surface area (Å²) in [6, 6.07) is 3.78. The van der Waals surface area contributed by atoms with Gasteiger partial charge in [-0.1, -0.05) is 13.8 Å².